The molecular weight excluding hydrogens is 480 g/mol. The van der Waals surface area contributed by atoms with Gasteiger partial charge in [-0.1, -0.05) is 52.3 Å². The van der Waals surface area contributed by atoms with E-state index in [4.69, 9.17) is 4.74 Å². The molecule has 1 unspecified atom stereocenters. The predicted molar refractivity (Wildman–Crippen MR) is 125 cm³/mol. The number of rotatable bonds is 9. The number of nitrogens with one attached hydrogen (secondary N) is 2. The highest BCUT2D eigenvalue weighted by atomic mass is 79.9. The van der Waals surface area contributed by atoms with Gasteiger partial charge >= 0.3 is 0 Å². The Hall–Kier alpha value is -2.68. The maximum atomic E-state index is 13.0. The van der Waals surface area contributed by atoms with Gasteiger partial charge in [-0.15, -0.1) is 0 Å². The van der Waals surface area contributed by atoms with Crippen LogP contribution in [0.3, 0.4) is 0 Å². The van der Waals surface area contributed by atoms with Crippen LogP contribution < -0.4 is 14.8 Å². The summed E-state index contributed by atoms with van der Waals surface area (Å²) in [6.45, 7) is 2.34. The van der Waals surface area contributed by atoms with Gasteiger partial charge in [0.25, 0.3) is 0 Å². The zero-order valence-electron chi connectivity index (χ0n) is 16.9. The molecule has 0 aromatic heterocycles. The molecule has 3 aromatic carbocycles. The first-order chi connectivity index (χ1) is 14.9. The molecular formula is C23H23BrN2O4S. The number of amides is 1. The van der Waals surface area contributed by atoms with Crippen LogP contribution in [-0.4, -0.2) is 27.0 Å². The first-order valence-electron chi connectivity index (χ1n) is 9.73. The number of halogens is 1. The van der Waals surface area contributed by atoms with Crippen LogP contribution in [0.2, 0.25) is 0 Å². The zero-order valence-corrected chi connectivity index (χ0v) is 19.3. The molecule has 1 amide bonds. The van der Waals surface area contributed by atoms with E-state index in [0.717, 1.165) is 10.0 Å². The smallest absolute Gasteiger partial charge is 0.242 e. The molecule has 6 nitrogen and oxygen atoms in total. The summed E-state index contributed by atoms with van der Waals surface area (Å²) in [6.07, 6.45) is 0.205. The average molecular weight is 503 g/mol. The van der Waals surface area contributed by atoms with E-state index in [-0.39, 0.29) is 11.3 Å². The summed E-state index contributed by atoms with van der Waals surface area (Å²) in [5, 5.41) is 2.79. The van der Waals surface area contributed by atoms with Gasteiger partial charge in [-0.05, 0) is 61.4 Å². The van der Waals surface area contributed by atoms with Crippen LogP contribution in [-0.2, 0) is 21.2 Å². The van der Waals surface area contributed by atoms with E-state index in [0.29, 0.717) is 18.0 Å². The van der Waals surface area contributed by atoms with Gasteiger partial charge in [0.1, 0.15) is 11.8 Å². The van der Waals surface area contributed by atoms with E-state index >= 15 is 0 Å². The fourth-order valence-corrected chi connectivity index (χ4v) is 4.56. The third-order valence-corrected chi connectivity index (χ3v) is 6.41. The number of benzene rings is 3. The van der Waals surface area contributed by atoms with E-state index in [1.165, 1.54) is 12.1 Å². The van der Waals surface area contributed by atoms with Crippen LogP contribution in [0.5, 0.6) is 5.75 Å². The third kappa shape index (κ3) is 6.65. The summed E-state index contributed by atoms with van der Waals surface area (Å²) in [4.78, 5) is 13.1. The second-order valence-corrected chi connectivity index (χ2v) is 9.40. The number of sulfonamides is 1. The van der Waals surface area contributed by atoms with Gasteiger partial charge in [0.05, 0.1) is 11.5 Å². The topological polar surface area (TPSA) is 84.5 Å². The van der Waals surface area contributed by atoms with Gasteiger partial charge in [0.2, 0.25) is 15.9 Å². The first-order valence-corrected chi connectivity index (χ1v) is 12.0. The maximum Gasteiger partial charge on any atom is 0.242 e. The van der Waals surface area contributed by atoms with E-state index in [9.17, 15) is 13.2 Å². The van der Waals surface area contributed by atoms with Crippen LogP contribution >= 0.6 is 15.9 Å². The van der Waals surface area contributed by atoms with Crippen LogP contribution in [0.1, 0.15) is 12.5 Å². The van der Waals surface area contributed by atoms with Gasteiger partial charge in [-0.25, -0.2) is 8.42 Å². The summed E-state index contributed by atoms with van der Waals surface area (Å²) in [7, 11) is -3.93. The lowest BCUT2D eigenvalue weighted by Gasteiger charge is -2.19. The lowest BCUT2D eigenvalue weighted by atomic mass is 10.1. The SMILES string of the molecule is CCOc1ccc(S(=O)(=O)NC(Cc2ccccc2)C(=O)Nc2cccc(Br)c2)cc1. The third-order valence-electron chi connectivity index (χ3n) is 4.43. The zero-order chi connectivity index (χ0) is 22.3. The highest BCUT2D eigenvalue weighted by Gasteiger charge is 2.26. The Balaban J connectivity index is 1.83. The molecule has 3 rings (SSSR count). The molecule has 0 saturated carbocycles. The molecule has 0 bridgehead atoms. The summed E-state index contributed by atoms with van der Waals surface area (Å²) >= 11 is 3.37. The van der Waals surface area contributed by atoms with Crippen LogP contribution in [0.4, 0.5) is 5.69 Å². The number of hydrogen-bond acceptors (Lipinski definition) is 4. The largest absolute Gasteiger partial charge is 0.494 e. The molecule has 1 atom stereocenters. The van der Waals surface area contributed by atoms with Gasteiger partial charge in [-0.2, -0.15) is 4.72 Å². The van der Waals surface area contributed by atoms with Crippen molar-refractivity contribution in [1.82, 2.24) is 4.72 Å². The maximum absolute atomic E-state index is 13.0. The molecule has 2 N–H and O–H groups in total. The van der Waals surface area contributed by atoms with Crippen molar-refractivity contribution >= 4 is 37.5 Å². The van der Waals surface area contributed by atoms with Crippen molar-refractivity contribution in [2.24, 2.45) is 0 Å². The van der Waals surface area contributed by atoms with E-state index in [1.54, 1.807) is 30.3 Å². The molecule has 0 radical (unpaired) electrons. The van der Waals surface area contributed by atoms with Crippen molar-refractivity contribution in [2.45, 2.75) is 24.3 Å². The van der Waals surface area contributed by atoms with Crippen LogP contribution in [0.15, 0.2) is 88.2 Å². The highest BCUT2D eigenvalue weighted by Crippen LogP contribution is 2.19. The van der Waals surface area contributed by atoms with Crippen molar-refractivity contribution in [3.63, 3.8) is 0 Å². The summed E-state index contributed by atoms with van der Waals surface area (Å²) < 4.78 is 34.7. The monoisotopic (exact) mass is 502 g/mol. The van der Waals surface area contributed by atoms with Gasteiger partial charge in [-0.3, -0.25) is 4.79 Å². The van der Waals surface area contributed by atoms with Gasteiger partial charge in [0, 0.05) is 10.2 Å². The van der Waals surface area contributed by atoms with E-state index < -0.39 is 22.0 Å². The predicted octanol–water partition coefficient (Wildman–Crippen LogP) is 4.38. The molecule has 0 aliphatic carbocycles. The Morgan fingerprint density at radius 2 is 1.71 bits per heavy atom. The van der Waals surface area contributed by atoms with Crippen LogP contribution in [0, 0.1) is 0 Å². The molecule has 0 aliphatic heterocycles. The second kappa shape index (κ2) is 10.6. The normalized spacial score (nSPS) is 12.2. The minimum atomic E-state index is -3.93. The molecule has 0 saturated heterocycles. The minimum Gasteiger partial charge on any atom is -0.494 e. The number of carbonyl (C=O) groups is 1. The highest BCUT2D eigenvalue weighted by molar-refractivity contribution is 9.10. The Kier molecular flexibility index (Phi) is 7.84. The lowest BCUT2D eigenvalue weighted by Crippen LogP contribution is -2.45. The summed E-state index contributed by atoms with van der Waals surface area (Å²) in [6, 6.07) is 21.5. The lowest BCUT2D eigenvalue weighted by molar-refractivity contribution is -0.117. The number of carbonyl (C=O) groups excluding carboxylic acids is 1. The quantitative estimate of drug-likeness (QED) is 0.454. The molecule has 8 heteroatoms. The van der Waals surface area contributed by atoms with Crippen molar-refractivity contribution < 1.29 is 17.9 Å². The van der Waals surface area contributed by atoms with Gasteiger partial charge < -0.3 is 10.1 Å². The second-order valence-electron chi connectivity index (χ2n) is 6.77. The molecule has 3 aromatic rings. The number of hydrogen-bond donors (Lipinski definition) is 2. The molecule has 31 heavy (non-hydrogen) atoms. The summed E-state index contributed by atoms with van der Waals surface area (Å²) in [5.41, 5.74) is 1.41. The summed E-state index contributed by atoms with van der Waals surface area (Å²) in [5.74, 6) is 0.131. The van der Waals surface area contributed by atoms with E-state index in [2.05, 4.69) is 26.0 Å². The van der Waals surface area contributed by atoms with Crippen molar-refractivity contribution in [2.75, 3.05) is 11.9 Å². The Bertz CT molecular complexity index is 1120. The van der Waals surface area contributed by atoms with Crippen molar-refractivity contribution in [3.8, 4) is 5.75 Å². The molecule has 0 aliphatic rings. The van der Waals surface area contributed by atoms with Gasteiger partial charge in [0.15, 0.2) is 0 Å². The fraction of sp³-hybridized carbons (Fsp3) is 0.174. The Labute approximate surface area is 190 Å². The Morgan fingerprint density at radius 1 is 1.00 bits per heavy atom. The minimum absolute atomic E-state index is 0.0595. The number of ether oxygens (including phenoxy) is 1. The molecule has 0 spiro atoms. The molecule has 162 valence electrons. The first kappa shape index (κ1) is 23.0. The molecule has 0 fully saturated rings. The fourth-order valence-electron chi connectivity index (χ4n) is 2.97. The Morgan fingerprint density at radius 3 is 2.35 bits per heavy atom. The molecule has 0 heterocycles. The number of anilines is 1. The standard InChI is InChI=1S/C23H23BrN2O4S/c1-2-30-20-11-13-21(14-12-20)31(28,29)26-22(15-17-7-4-3-5-8-17)23(27)25-19-10-6-9-18(24)16-19/h3-14,16,22,26H,2,15H2,1H3,(H,25,27). The van der Waals surface area contributed by atoms with Crippen molar-refractivity contribution in [3.05, 3.63) is 88.9 Å². The van der Waals surface area contributed by atoms with E-state index in [1.807, 2.05) is 43.3 Å². The van der Waals surface area contributed by atoms with Crippen molar-refractivity contribution in [1.29, 1.82) is 0 Å². The average Bonchev–Trinajstić information content (AvgIpc) is 2.74. The van der Waals surface area contributed by atoms with Crippen LogP contribution in [0.25, 0.3) is 0 Å².